The summed E-state index contributed by atoms with van der Waals surface area (Å²) in [4.78, 5) is 12.7. The molecule has 2 heterocycles. The summed E-state index contributed by atoms with van der Waals surface area (Å²) in [6.07, 6.45) is 0.790. The fourth-order valence-electron chi connectivity index (χ4n) is 3.23. The van der Waals surface area contributed by atoms with E-state index in [9.17, 15) is 18.0 Å². The molecule has 0 spiro atoms. The van der Waals surface area contributed by atoms with Crippen LogP contribution >= 0.6 is 0 Å². The van der Waals surface area contributed by atoms with Crippen LogP contribution in [0.4, 0.5) is 13.2 Å². The van der Waals surface area contributed by atoms with Crippen molar-refractivity contribution in [2.75, 3.05) is 6.61 Å². The zero-order chi connectivity index (χ0) is 20.5. The van der Waals surface area contributed by atoms with Crippen LogP contribution in [0.15, 0.2) is 47.4 Å². The van der Waals surface area contributed by atoms with Crippen molar-refractivity contribution in [3.63, 3.8) is 0 Å². The summed E-state index contributed by atoms with van der Waals surface area (Å²) in [6.45, 7) is 3.65. The second-order valence-electron chi connectivity index (χ2n) is 7.37. The zero-order valence-corrected chi connectivity index (χ0v) is 15.7. The Morgan fingerprint density at radius 1 is 1.14 bits per heavy atom. The molecule has 0 saturated carbocycles. The molecule has 1 aromatic heterocycles. The van der Waals surface area contributed by atoms with Crippen molar-refractivity contribution >= 4 is 5.70 Å². The van der Waals surface area contributed by atoms with Gasteiger partial charge in [0, 0.05) is 24.4 Å². The molecule has 0 fully saturated rings. The summed E-state index contributed by atoms with van der Waals surface area (Å²) in [6, 6.07) is 6.54. The number of rotatable bonds is 5. The Morgan fingerprint density at radius 3 is 2.54 bits per heavy atom. The summed E-state index contributed by atoms with van der Waals surface area (Å²) in [7, 11) is 0. The molecule has 3 rings (SSSR count). The van der Waals surface area contributed by atoms with Crippen LogP contribution in [-0.2, 0) is 12.6 Å². The van der Waals surface area contributed by atoms with Crippen LogP contribution in [0.2, 0.25) is 0 Å². The normalized spacial score (nSPS) is 15.6. The van der Waals surface area contributed by atoms with Crippen molar-refractivity contribution in [3.8, 4) is 5.75 Å². The van der Waals surface area contributed by atoms with Gasteiger partial charge in [0.25, 0.3) is 5.56 Å². The van der Waals surface area contributed by atoms with Crippen molar-refractivity contribution in [1.29, 1.82) is 0 Å². The molecule has 0 unspecified atom stereocenters. The molecule has 1 aliphatic rings. The van der Waals surface area contributed by atoms with E-state index in [4.69, 9.17) is 9.84 Å². The highest BCUT2D eigenvalue weighted by atomic mass is 19.4. The lowest BCUT2D eigenvalue weighted by Crippen LogP contribution is -2.32. The SMILES string of the molecule is CC1(C)C=C(n2ccc(CCCCO)cc2=O)c2cc(C(F)(F)F)ccc2O1. The number of hydrogen-bond donors (Lipinski definition) is 1. The van der Waals surface area contributed by atoms with Gasteiger partial charge in [-0.25, -0.2) is 0 Å². The molecule has 0 bridgehead atoms. The third-order valence-corrected chi connectivity index (χ3v) is 4.56. The maximum absolute atomic E-state index is 13.2. The molecule has 0 saturated heterocycles. The minimum Gasteiger partial charge on any atom is -0.483 e. The number of aryl methyl sites for hydroxylation is 1. The van der Waals surface area contributed by atoms with Gasteiger partial charge >= 0.3 is 6.18 Å². The first-order valence-electron chi connectivity index (χ1n) is 9.07. The number of halogens is 3. The number of ether oxygens (including phenoxy) is 1. The van der Waals surface area contributed by atoms with Crippen molar-refractivity contribution in [3.05, 3.63) is 69.6 Å². The Bertz CT molecular complexity index is 958. The lowest BCUT2D eigenvalue weighted by Gasteiger charge is -2.32. The summed E-state index contributed by atoms with van der Waals surface area (Å²) in [5.41, 5.74) is -0.483. The Hall–Kier alpha value is -2.54. The van der Waals surface area contributed by atoms with Crippen LogP contribution in [0.25, 0.3) is 5.70 Å². The molecule has 28 heavy (non-hydrogen) atoms. The third-order valence-electron chi connectivity index (χ3n) is 4.56. The molecule has 1 aliphatic heterocycles. The van der Waals surface area contributed by atoms with E-state index in [1.165, 1.54) is 16.7 Å². The fourth-order valence-corrected chi connectivity index (χ4v) is 3.23. The quantitative estimate of drug-likeness (QED) is 0.773. The van der Waals surface area contributed by atoms with Gasteiger partial charge in [-0.3, -0.25) is 9.36 Å². The van der Waals surface area contributed by atoms with Gasteiger partial charge in [0.15, 0.2) is 0 Å². The second-order valence-corrected chi connectivity index (χ2v) is 7.37. The van der Waals surface area contributed by atoms with Gasteiger partial charge in [0.05, 0.1) is 11.3 Å². The van der Waals surface area contributed by atoms with Crippen LogP contribution in [0.3, 0.4) is 0 Å². The van der Waals surface area contributed by atoms with Crippen molar-refractivity contribution in [2.45, 2.75) is 44.9 Å². The Morgan fingerprint density at radius 2 is 1.89 bits per heavy atom. The van der Waals surface area contributed by atoms with E-state index in [0.29, 0.717) is 24.3 Å². The van der Waals surface area contributed by atoms with Gasteiger partial charge in [-0.05, 0) is 69.0 Å². The molecular formula is C21H22F3NO3. The highest BCUT2D eigenvalue weighted by Crippen LogP contribution is 2.40. The van der Waals surface area contributed by atoms with Gasteiger partial charge in [-0.15, -0.1) is 0 Å². The van der Waals surface area contributed by atoms with E-state index in [-0.39, 0.29) is 17.7 Å². The smallest absolute Gasteiger partial charge is 0.416 e. The predicted octanol–water partition coefficient (Wildman–Crippen LogP) is 4.24. The second kappa shape index (κ2) is 7.47. The molecular weight excluding hydrogens is 371 g/mol. The van der Waals surface area contributed by atoms with Crippen LogP contribution < -0.4 is 10.3 Å². The van der Waals surface area contributed by atoms with Gasteiger partial charge in [0.2, 0.25) is 0 Å². The molecule has 1 N–H and O–H groups in total. The number of nitrogens with zero attached hydrogens (tertiary/aromatic N) is 1. The van der Waals surface area contributed by atoms with Gasteiger partial charge in [0.1, 0.15) is 11.4 Å². The van der Waals surface area contributed by atoms with Crippen LogP contribution in [0.1, 0.15) is 43.4 Å². The van der Waals surface area contributed by atoms with Crippen LogP contribution in [0.5, 0.6) is 5.75 Å². The number of alkyl halides is 3. The number of unbranched alkanes of at least 4 members (excludes halogenated alkanes) is 1. The first-order chi connectivity index (χ1) is 13.1. The molecule has 0 amide bonds. The Balaban J connectivity index is 2.06. The summed E-state index contributed by atoms with van der Waals surface area (Å²) >= 11 is 0. The molecule has 7 heteroatoms. The zero-order valence-electron chi connectivity index (χ0n) is 15.7. The maximum atomic E-state index is 13.2. The number of aliphatic hydroxyl groups is 1. The number of fused-ring (bicyclic) bond motifs is 1. The lowest BCUT2D eigenvalue weighted by molar-refractivity contribution is -0.137. The van der Waals surface area contributed by atoms with Crippen LogP contribution in [-0.4, -0.2) is 21.9 Å². The van der Waals surface area contributed by atoms with Gasteiger partial charge < -0.3 is 9.84 Å². The topological polar surface area (TPSA) is 51.5 Å². The highest BCUT2D eigenvalue weighted by molar-refractivity contribution is 5.74. The largest absolute Gasteiger partial charge is 0.483 e. The van der Waals surface area contributed by atoms with E-state index < -0.39 is 17.3 Å². The van der Waals surface area contributed by atoms with E-state index in [1.54, 1.807) is 32.2 Å². The highest BCUT2D eigenvalue weighted by Gasteiger charge is 2.34. The molecule has 4 nitrogen and oxygen atoms in total. The minimum atomic E-state index is -4.49. The van der Waals surface area contributed by atoms with E-state index in [2.05, 4.69) is 0 Å². The van der Waals surface area contributed by atoms with Crippen molar-refractivity contribution in [1.82, 2.24) is 4.57 Å². The molecule has 2 aromatic rings. The summed E-state index contributed by atoms with van der Waals surface area (Å²) in [5, 5.41) is 8.87. The molecule has 150 valence electrons. The molecule has 0 atom stereocenters. The lowest BCUT2D eigenvalue weighted by atomic mass is 9.97. The first kappa shape index (κ1) is 20.2. The van der Waals surface area contributed by atoms with Gasteiger partial charge in [-0.2, -0.15) is 13.2 Å². The number of hydrogen-bond acceptors (Lipinski definition) is 3. The molecule has 1 aromatic carbocycles. The van der Waals surface area contributed by atoms with Crippen molar-refractivity contribution in [2.24, 2.45) is 0 Å². The Kier molecular flexibility index (Phi) is 5.39. The number of aromatic nitrogens is 1. The van der Waals surface area contributed by atoms with E-state index >= 15 is 0 Å². The monoisotopic (exact) mass is 393 g/mol. The van der Waals surface area contributed by atoms with Crippen LogP contribution in [0, 0.1) is 0 Å². The molecule has 0 aliphatic carbocycles. The Labute approximate surface area is 160 Å². The molecule has 0 radical (unpaired) electrons. The number of pyridine rings is 1. The maximum Gasteiger partial charge on any atom is 0.416 e. The van der Waals surface area contributed by atoms with E-state index in [0.717, 1.165) is 24.1 Å². The first-order valence-corrected chi connectivity index (χ1v) is 9.07. The fraction of sp³-hybridized carbons (Fsp3) is 0.381. The average molecular weight is 393 g/mol. The average Bonchev–Trinajstić information content (AvgIpc) is 2.59. The predicted molar refractivity (Wildman–Crippen MR) is 100 cm³/mol. The van der Waals surface area contributed by atoms with E-state index in [1.807, 2.05) is 0 Å². The van der Waals surface area contributed by atoms with Crippen molar-refractivity contribution < 1.29 is 23.0 Å². The third kappa shape index (κ3) is 4.30. The van der Waals surface area contributed by atoms with Gasteiger partial charge in [-0.1, -0.05) is 0 Å². The summed E-state index contributed by atoms with van der Waals surface area (Å²) < 4.78 is 46.6. The number of benzene rings is 1. The minimum absolute atomic E-state index is 0.0946. The number of aliphatic hydroxyl groups excluding tert-OH is 1. The summed E-state index contributed by atoms with van der Waals surface area (Å²) in [5.74, 6) is 0.300. The standard InChI is InChI=1S/C21H22F3NO3/c1-20(2)13-17(16-12-15(21(22,23)24)6-7-18(16)28-20)25-9-8-14(11-19(25)27)5-3-4-10-26/h6-9,11-13,26H,3-5,10H2,1-2H3.